The van der Waals surface area contributed by atoms with Crippen molar-refractivity contribution in [3.8, 4) is 45.3 Å². The lowest BCUT2D eigenvalue weighted by Gasteiger charge is -2.11. The Bertz CT molecular complexity index is 2090. The largest absolute Gasteiger partial charge is 0.436 e. The molecule has 0 aliphatic carbocycles. The fraction of sp³-hybridized carbons (Fsp3) is 0.105. The number of rotatable bonds is 7. The molecule has 0 aliphatic rings. The van der Waals surface area contributed by atoms with Crippen molar-refractivity contribution < 1.29 is 9.34 Å². The summed E-state index contributed by atoms with van der Waals surface area (Å²) in [5.74, 6) is 0.877. The van der Waals surface area contributed by atoms with E-state index in [2.05, 4.69) is 16.7 Å². The Morgan fingerprint density at radius 1 is 0.778 bits per heavy atom. The Labute approximate surface area is 261 Å². The number of furan rings is 1. The van der Waals surface area contributed by atoms with Crippen molar-refractivity contribution in [1.82, 2.24) is 4.57 Å². The van der Waals surface area contributed by atoms with Crippen molar-refractivity contribution >= 4 is 17.8 Å². The lowest BCUT2D eigenvalue weighted by atomic mass is 9.97. The van der Waals surface area contributed by atoms with E-state index in [0.717, 1.165) is 61.6 Å². The van der Waals surface area contributed by atoms with Gasteiger partial charge in [0.15, 0.2) is 0 Å². The van der Waals surface area contributed by atoms with Crippen LogP contribution >= 0.6 is 0 Å². The van der Waals surface area contributed by atoms with E-state index in [9.17, 15) is 15.4 Å². The quantitative estimate of drug-likeness (QED) is 0.105. The molecule has 0 radical (unpaired) electrons. The van der Waals surface area contributed by atoms with Gasteiger partial charge in [-0.3, -0.25) is 10.1 Å². The molecule has 2 heterocycles. The average Bonchev–Trinajstić information content (AvgIpc) is 3.56. The summed E-state index contributed by atoms with van der Waals surface area (Å²) in [5.41, 5.74) is 11.0. The molecule has 6 aromatic rings. The highest BCUT2D eigenvalue weighted by Crippen LogP contribution is 2.42. The van der Waals surface area contributed by atoms with Gasteiger partial charge in [0, 0.05) is 52.1 Å². The third-order valence-electron chi connectivity index (χ3n) is 7.98. The molecule has 4 aromatic carbocycles. The third kappa shape index (κ3) is 5.69. The van der Waals surface area contributed by atoms with Gasteiger partial charge in [-0.05, 0) is 74.7 Å². The highest BCUT2D eigenvalue weighted by molar-refractivity contribution is 5.90. The third-order valence-corrected chi connectivity index (χ3v) is 7.98. The molecular weight excluding hydrogens is 560 g/mol. The Morgan fingerprint density at radius 2 is 1.31 bits per heavy atom. The smallest absolute Gasteiger partial charge is 0.269 e. The first-order valence-electron chi connectivity index (χ1n) is 14.5. The second-order valence-corrected chi connectivity index (χ2v) is 11.1. The molecule has 6 rings (SSSR count). The fourth-order valence-electron chi connectivity index (χ4n) is 5.54. The summed E-state index contributed by atoms with van der Waals surface area (Å²) >= 11 is 0. The van der Waals surface area contributed by atoms with Gasteiger partial charge in [-0.25, -0.2) is 4.99 Å². The summed E-state index contributed by atoms with van der Waals surface area (Å²) in [7, 11) is 0. The van der Waals surface area contributed by atoms with E-state index < -0.39 is 4.92 Å². The number of aromatic nitrogens is 1. The molecule has 2 aromatic heterocycles. The van der Waals surface area contributed by atoms with Crippen molar-refractivity contribution in [2.45, 2.75) is 27.7 Å². The van der Waals surface area contributed by atoms with Crippen LogP contribution in [0.5, 0.6) is 0 Å². The van der Waals surface area contributed by atoms with Crippen molar-refractivity contribution in [2.24, 2.45) is 4.99 Å². The SMILES string of the molecule is Cc1ccc(-c2oc(N=Cc3cc(C)n(-c4ccc(-c5ccc([N+](=O)[O-])cc5)cc4)c3C)c(C#N)c2-c2ccc(C)cc2)cc1. The van der Waals surface area contributed by atoms with Crippen molar-refractivity contribution in [3.63, 3.8) is 0 Å². The van der Waals surface area contributed by atoms with E-state index in [1.165, 1.54) is 12.1 Å². The first-order valence-corrected chi connectivity index (χ1v) is 14.5. The Kier molecular flexibility index (Phi) is 7.72. The van der Waals surface area contributed by atoms with E-state index >= 15 is 0 Å². The number of benzene rings is 4. The van der Waals surface area contributed by atoms with Gasteiger partial charge in [0.05, 0.1) is 4.92 Å². The number of nitriles is 1. The summed E-state index contributed by atoms with van der Waals surface area (Å²) in [6.45, 7) is 8.13. The molecule has 0 N–H and O–H groups in total. The van der Waals surface area contributed by atoms with Crippen molar-refractivity contribution in [2.75, 3.05) is 0 Å². The van der Waals surface area contributed by atoms with Gasteiger partial charge < -0.3 is 8.98 Å². The topological polar surface area (TPSA) is 97.4 Å². The molecule has 220 valence electrons. The molecule has 0 aliphatic heterocycles. The predicted octanol–water partition coefficient (Wildman–Crippen LogP) is 9.84. The van der Waals surface area contributed by atoms with Crippen LogP contribution in [0.4, 0.5) is 11.6 Å². The van der Waals surface area contributed by atoms with Crippen LogP contribution < -0.4 is 0 Å². The molecule has 0 saturated heterocycles. The molecular formula is C38H30N4O3. The standard InChI is InChI=1S/C38H30N4O3/c1-24-5-9-30(10-6-24)36-35(22-39)38(45-37(36)31-11-7-25(2)8-12-31)40-23-32-21-26(3)41(27(32)4)33-17-13-28(14-18-33)29-15-19-34(20-16-29)42(43)44/h5-21,23H,1-4H3. The van der Waals surface area contributed by atoms with E-state index in [0.29, 0.717) is 11.3 Å². The lowest BCUT2D eigenvalue weighted by Crippen LogP contribution is -1.99. The molecule has 0 fully saturated rings. The molecule has 0 atom stereocenters. The second kappa shape index (κ2) is 11.9. The van der Waals surface area contributed by atoms with Gasteiger partial charge in [-0.2, -0.15) is 5.26 Å². The normalized spacial score (nSPS) is 11.2. The van der Waals surface area contributed by atoms with Crippen LogP contribution in [0.25, 0.3) is 39.3 Å². The van der Waals surface area contributed by atoms with Crippen LogP contribution in [0.3, 0.4) is 0 Å². The minimum atomic E-state index is -0.399. The maximum Gasteiger partial charge on any atom is 0.269 e. The average molecular weight is 591 g/mol. The minimum absolute atomic E-state index is 0.0670. The summed E-state index contributed by atoms with van der Waals surface area (Å²) in [6.07, 6.45) is 1.75. The summed E-state index contributed by atoms with van der Waals surface area (Å²) in [5, 5.41) is 21.3. The summed E-state index contributed by atoms with van der Waals surface area (Å²) in [4.78, 5) is 15.3. The molecule has 0 saturated carbocycles. The van der Waals surface area contributed by atoms with Gasteiger partial charge in [0.2, 0.25) is 5.88 Å². The van der Waals surface area contributed by atoms with E-state index in [-0.39, 0.29) is 11.6 Å². The van der Waals surface area contributed by atoms with E-state index in [1.54, 1.807) is 18.3 Å². The van der Waals surface area contributed by atoms with Gasteiger partial charge in [0.25, 0.3) is 5.69 Å². The Balaban J connectivity index is 1.35. The predicted molar refractivity (Wildman–Crippen MR) is 178 cm³/mol. The molecule has 0 spiro atoms. The number of nitrogens with zero attached hydrogens (tertiary/aromatic N) is 4. The first-order chi connectivity index (χ1) is 21.7. The fourth-order valence-corrected chi connectivity index (χ4v) is 5.54. The lowest BCUT2D eigenvalue weighted by molar-refractivity contribution is -0.384. The monoisotopic (exact) mass is 590 g/mol. The summed E-state index contributed by atoms with van der Waals surface area (Å²) < 4.78 is 8.48. The number of non-ortho nitro benzene ring substituents is 1. The zero-order valence-electron chi connectivity index (χ0n) is 25.4. The van der Waals surface area contributed by atoms with Crippen LogP contribution in [0, 0.1) is 49.1 Å². The molecule has 0 amide bonds. The van der Waals surface area contributed by atoms with Crippen LogP contribution in [-0.4, -0.2) is 15.7 Å². The van der Waals surface area contributed by atoms with Crippen molar-refractivity contribution in [1.29, 1.82) is 5.26 Å². The number of aryl methyl sites for hydroxylation is 3. The zero-order valence-corrected chi connectivity index (χ0v) is 25.4. The highest BCUT2D eigenvalue weighted by atomic mass is 16.6. The second-order valence-electron chi connectivity index (χ2n) is 11.1. The Hall–Kier alpha value is -6.00. The van der Waals surface area contributed by atoms with Crippen LogP contribution in [0.2, 0.25) is 0 Å². The number of aliphatic imine (C=N–C) groups is 1. The van der Waals surface area contributed by atoms with Crippen LogP contribution in [0.1, 0.15) is 33.6 Å². The number of hydrogen-bond donors (Lipinski definition) is 0. The highest BCUT2D eigenvalue weighted by Gasteiger charge is 2.23. The van der Waals surface area contributed by atoms with Crippen LogP contribution in [-0.2, 0) is 0 Å². The molecule has 0 bridgehead atoms. The number of nitro benzene ring substituents is 1. The van der Waals surface area contributed by atoms with Gasteiger partial charge in [0.1, 0.15) is 17.4 Å². The Morgan fingerprint density at radius 3 is 1.87 bits per heavy atom. The first kappa shape index (κ1) is 29.1. The minimum Gasteiger partial charge on any atom is -0.436 e. The van der Waals surface area contributed by atoms with Gasteiger partial charge in [-0.15, -0.1) is 0 Å². The number of hydrogen-bond acceptors (Lipinski definition) is 5. The van der Waals surface area contributed by atoms with Gasteiger partial charge in [-0.1, -0.05) is 71.8 Å². The van der Waals surface area contributed by atoms with E-state index in [1.807, 2.05) is 100 Å². The maximum absolute atomic E-state index is 11.0. The van der Waals surface area contributed by atoms with Crippen LogP contribution in [0.15, 0.2) is 113 Å². The molecule has 45 heavy (non-hydrogen) atoms. The van der Waals surface area contributed by atoms with Gasteiger partial charge >= 0.3 is 0 Å². The molecule has 0 unspecified atom stereocenters. The molecule has 7 heteroatoms. The number of nitro groups is 1. The van der Waals surface area contributed by atoms with E-state index in [4.69, 9.17) is 9.41 Å². The summed E-state index contributed by atoms with van der Waals surface area (Å²) in [6, 6.07) is 35.1. The molecule has 7 nitrogen and oxygen atoms in total. The zero-order chi connectivity index (χ0) is 31.7. The van der Waals surface area contributed by atoms with Crippen molar-refractivity contribution in [3.05, 3.63) is 147 Å². The maximum atomic E-state index is 11.0.